The Hall–Kier alpha value is -2.23. The molecule has 0 atom stereocenters. The molecule has 4 nitrogen and oxygen atoms in total. The van der Waals surface area contributed by atoms with Crippen molar-refractivity contribution in [2.45, 2.75) is 6.92 Å². The molecule has 16 heavy (non-hydrogen) atoms. The standard InChI is InChI=1S/C12H10N4/c1-9-14-12(10-5-3-2-4-6-10)15-11-7-8-13-16(9)11/h2-8H,1H3. The number of aryl methyl sites for hydroxylation is 1. The summed E-state index contributed by atoms with van der Waals surface area (Å²) in [5.41, 5.74) is 1.85. The topological polar surface area (TPSA) is 43.1 Å². The van der Waals surface area contributed by atoms with E-state index in [1.54, 1.807) is 10.7 Å². The van der Waals surface area contributed by atoms with Gasteiger partial charge < -0.3 is 0 Å². The zero-order valence-corrected chi connectivity index (χ0v) is 8.83. The summed E-state index contributed by atoms with van der Waals surface area (Å²) < 4.78 is 1.73. The third-order valence-corrected chi connectivity index (χ3v) is 2.45. The van der Waals surface area contributed by atoms with E-state index in [4.69, 9.17) is 0 Å². The second-order valence-corrected chi connectivity index (χ2v) is 3.56. The second-order valence-electron chi connectivity index (χ2n) is 3.56. The molecular weight excluding hydrogens is 200 g/mol. The van der Waals surface area contributed by atoms with Crippen molar-refractivity contribution in [2.24, 2.45) is 0 Å². The van der Waals surface area contributed by atoms with Crippen LogP contribution >= 0.6 is 0 Å². The van der Waals surface area contributed by atoms with E-state index in [0.29, 0.717) is 0 Å². The molecule has 3 aromatic rings. The normalized spacial score (nSPS) is 10.8. The van der Waals surface area contributed by atoms with E-state index in [1.807, 2.05) is 43.3 Å². The van der Waals surface area contributed by atoms with Gasteiger partial charge in [-0.1, -0.05) is 30.3 Å². The van der Waals surface area contributed by atoms with Crippen molar-refractivity contribution in [3.8, 4) is 11.4 Å². The van der Waals surface area contributed by atoms with Gasteiger partial charge in [-0.05, 0) is 6.92 Å². The lowest BCUT2D eigenvalue weighted by molar-refractivity contribution is 0.841. The molecule has 0 unspecified atom stereocenters. The average molecular weight is 210 g/mol. The van der Waals surface area contributed by atoms with Crippen LogP contribution in [-0.4, -0.2) is 19.6 Å². The first-order valence-electron chi connectivity index (χ1n) is 5.08. The summed E-state index contributed by atoms with van der Waals surface area (Å²) >= 11 is 0. The minimum Gasteiger partial charge on any atom is -0.213 e. The Morgan fingerprint density at radius 1 is 1.00 bits per heavy atom. The average Bonchev–Trinajstić information content (AvgIpc) is 2.79. The van der Waals surface area contributed by atoms with Gasteiger partial charge in [-0.3, -0.25) is 0 Å². The fourth-order valence-electron chi connectivity index (χ4n) is 1.68. The number of fused-ring (bicyclic) bond motifs is 1. The number of nitrogens with zero attached hydrogens (tertiary/aromatic N) is 4. The summed E-state index contributed by atoms with van der Waals surface area (Å²) in [5.74, 6) is 1.58. The summed E-state index contributed by atoms with van der Waals surface area (Å²) in [6.07, 6.45) is 1.73. The molecule has 1 aromatic carbocycles. The molecule has 0 bridgehead atoms. The largest absolute Gasteiger partial charge is 0.213 e. The molecule has 0 radical (unpaired) electrons. The van der Waals surface area contributed by atoms with Crippen LogP contribution in [0.2, 0.25) is 0 Å². The van der Waals surface area contributed by atoms with Crippen LogP contribution in [0.5, 0.6) is 0 Å². The Bertz CT molecular complexity index is 628. The summed E-state index contributed by atoms with van der Waals surface area (Å²) in [5, 5.41) is 4.14. The highest BCUT2D eigenvalue weighted by Crippen LogP contribution is 2.15. The van der Waals surface area contributed by atoms with E-state index >= 15 is 0 Å². The van der Waals surface area contributed by atoms with Crippen molar-refractivity contribution >= 4 is 5.65 Å². The number of rotatable bonds is 1. The van der Waals surface area contributed by atoms with E-state index in [0.717, 1.165) is 22.9 Å². The van der Waals surface area contributed by atoms with Gasteiger partial charge in [-0.2, -0.15) is 5.10 Å². The molecule has 0 aliphatic heterocycles. The molecule has 0 N–H and O–H groups in total. The first-order valence-corrected chi connectivity index (χ1v) is 5.08. The smallest absolute Gasteiger partial charge is 0.163 e. The maximum Gasteiger partial charge on any atom is 0.163 e. The molecule has 0 saturated heterocycles. The van der Waals surface area contributed by atoms with E-state index in [-0.39, 0.29) is 0 Å². The Labute approximate surface area is 92.6 Å². The molecule has 0 aliphatic carbocycles. The number of hydrogen-bond acceptors (Lipinski definition) is 3. The van der Waals surface area contributed by atoms with Gasteiger partial charge in [0.2, 0.25) is 0 Å². The maximum absolute atomic E-state index is 4.46. The fourth-order valence-corrected chi connectivity index (χ4v) is 1.68. The molecular formula is C12H10N4. The van der Waals surface area contributed by atoms with Crippen molar-refractivity contribution in [3.05, 3.63) is 48.4 Å². The molecule has 0 spiro atoms. The minimum atomic E-state index is 0.742. The Morgan fingerprint density at radius 2 is 1.81 bits per heavy atom. The highest BCUT2D eigenvalue weighted by atomic mass is 15.3. The van der Waals surface area contributed by atoms with E-state index in [1.165, 1.54) is 0 Å². The fraction of sp³-hybridized carbons (Fsp3) is 0.0833. The first kappa shape index (κ1) is 9.03. The van der Waals surface area contributed by atoms with Crippen LogP contribution in [0.3, 0.4) is 0 Å². The van der Waals surface area contributed by atoms with Crippen molar-refractivity contribution in [3.63, 3.8) is 0 Å². The minimum absolute atomic E-state index is 0.742. The Morgan fingerprint density at radius 3 is 2.62 bits per heavy atom. The maximum atomic E-state index is 4.46. The summed E-state index contributed by atoms with van der Waals surface area (Å²) in [7, 11) is 0. The monoisotopic (exact) mass is 210 g/mol. The van der Waals surface area contributed by atoms with Crippen molar-refractivity contribution in [2.75, 3.05) is 0 Å². The molecule has 0 fully saturated rings. The molecule has 0 amide bonds. The van der Waals surface area contributed by atoms with Crippen molar-refractivity contribution in [1.29, 1.82) is 0 Å². The van der Waals surface area contributed by atoms with Gasteiger partial charge in [0.05, 0.1) is 6.20 Å². The van der Waals surface area contributed by atoms with Crippen LogP contribution < -0.4 is 0 Å². The van der Waals surface area contributed by atoms with Crippen LogP contribution in [-0.2, 0) is 0 Å². The van der Waals surface area contributed by atoms with Crippen molar-refractivity contribution < 1.29 is 0 Å². The van der Waals surface area contributed by atoms with Crippen LogP contribution in [0.15, 0.2) is 42.6 Å². The van der Waals surface area contributed by atoms with Gasteiger partial charge in [-0.15, -0.1) is 0 Å². The third-order valence-electron chi connectivity index (χ3n) is 2.45. The SMILES string of the molecule is Cc1nc(-c2ccccc2)nc2ccnn12. The van der Waals surface area contributed by atoms with Crippen LogP contribution in [0.1, 0.15) is 5.82 Å². The predicted octanol–water partition coefficient (Wildman–Crippen LogP) is 2.10. The van der Waals surface area contributed by atoms with Crippen LogP contribution in [0.4, 0.5) is 0 Å². The zero-order chi connectivity index (χ0) is 11.0. The van der Waals surface area contributed by atoms with Crippen LogP contribution in [0.25, 0.3) is 17.0 Å². The highest BCUT2D eigenvalue weighted by molar-refractivity contribution is 5.57. The van der Waals surface area contributed by atoms with Gasteiger partial charge >= 0.3 is 0 Å². The number of benzene rings is 1. The molecule has 78 valence electrons. The van der Waals surface area contributed by atoms with Gasteiger partial charge in [0, 0.05) is 11.6 Å². The lowest BCUT2D eigenvalue weighted by atomic mass is 10.2. The molecule has 4 heteroatoms. The summed E-state index contributed by atoms with van der Waals surface area (Å²) in [6, 6.07) is 11.8. The quantitative estimate of drug-likeness (QED) is 0.617. The van der Waals surface area contributed by atoms with E-state index < -0.39 is 0 Å². The van der Waals surface area contributed by atoms with Gasteiger partial charge in [-0.25, -0.2) is 14.5 Å². The lowest BCUT2D eigenvalue weighted by Crippen LogP contribution is -2.01. The molecule has 3 rings (SSSR count). The lowest BCUT2D eigenvalue weighted by Gasteiger charge is -2.03. The van der Waals surface area contributed by atoms with Gasteiger partial charge in [0.25, 0.3) is 0 Å². The van der Waals surface area contributed by atoms with Gasteiger partial charge in [0.15, 0.2) is 11.5 Å². The van der Waals surface area contributed by atoms with Crippen LogP contribution in [0, 0.1) is 6.92 Å². The van der Waals surface area contributed by atoms with E-state index in [9.17, 15) is 0 Å². The molecule has 0 aliphatic rings. The third kappa shape index (κ3) is 1.35. The summed E-state index contributed by atoms with van der Waals surface area (Å²) in [4.78, 5) is 8.89. The first-order chi connectivity index (χ1) is 7.84. The number of aromatic nitrogens is 4. The van der Waals surface area contributed by atoms with Crippen molar-refractivity contribution in [1.82, 2.24) is 19.6 Å². The Kier molecular flexibility index (Phi) is 1.93. The van der Waals surface area contributed by atoms with E-state index in [2.05, 4.69) is 15.1 Å². The molecule has 2 heterocycles. The summed E-state index contributed by atoms with van der Waals surface area (Å²) in [6.45, 7) is 1.92. The van der Waals surface area contributed by atoms with Gasteiger partial charge in [0.1, 0.15) is 5.82 Å². The predicted molar refractivity (Wildman–Crippen MR) is 61.0 cm³/mol. The zero-order valence-electron chi connectivity index (χ0n) is 8.83. The highest BCUT2D eigenvalue weighted by Gasteiger charge is 2.05. The second kappa shape index (κ2) is 3.41. The molecule has 2 aromatic heterocycles. The molecule has 0 saturated carbocycles. The Balaban J connectivity index is 2.25. The number of hydrogen-bond donors (Lipinski definition) is 0.